The zero-order chi connectivity index (χ0) is 10.7. The molecule has 0 aromatic rings. The molecule has 0 heterocycles. The predicted molar refractivity (Wildman–Crippen MR) is 60.5 cm³/mol. The Morgan fingerprint density at radius 2 is 1.93 bits per heavy atom. The fourth-order valence-corrected chi connectivity index (χ4v) is 1.82. The molecule has 0 radical (unpaired) electrons. The normalized spacial score (nSPS) is 20.6. The van der Waals surface area contributed by atoms with Crippen molar-refractivity contribution in [2.75, 3.05) is 19.8 Å². The van der Waals surface area contributed by atoms with Gasteiger partial charge in [0.25, 0.3) is 0 Å². The van der Waals surface area contributed by atoms with Crippen LogP contribution in [0.1, 0.15) is 47.0 Å². The van der Waals surface area contributed by atoms with Crippen molar-refractivity contribution in [3.8, 4) is 0 Å². The Labute approximate surface area is 88.4 Å². The van der Waals surface area contributed by atoms with Gasteiger partial charge in [0, 0.05) is 24.1 Å². The average molecular weight is 199 g/mol. The van der Waals surface area contributed by atoms with Crippen molar-refractivity contribution >= 4 is 0 Å². The van der Waals surface area contributed by atoms with Gasteiger partial charge in [-0.3, -0.25) is 0 Å². The molecule has 0 bridgehead atoms. The average Bonchev–Trinajstić information content (AvgIpc) is 2.00. The Balaban J connectivity index is 2.30. The van der Waals surface area contributed by atoms with Crippen LogP contribution in [0.25, 0.3) is 0 Å². The second kappa shape index (κ2) is 4.63. The van der Waals surface area contributed by atoms with E-state index < -0.39 is 0 Å². The molecule has 14 heavy (non-hydrogen) atoms. The van der Waals surface area contributed by atoms with E-state index in [2.05, 4.69) is 33.0 Å². The Morgan fingerprint density at radius 3 is 2.29 bits per heavy atom. The summed E-state index contributed by atoms with van der Waals surface area (Å²) >= 11 is 0. The van der Waals surface area contributed by atoms with Crippen LogP contribution in [0.2, 0.25) is 0 Å². The summed E-state index contributed by atoms with van der Waals surface area (Å²) in [5.74, 6) is 0. The highest BCUT2D eigenvalue weighted by atomic mass is 16.5. The topological polar surface area (TPSA) is 21.3 Å². The number of ether oxygens (including phenoxy) is 1. The maximum atomic E-state index is 5.57. The fourth-order valence-electron chi connectivity index (χ4n) is 1.82. The van der Waals surface area contributed by atoms with Crippen LogP contribution in [-0.4, -0.2) is 25.3 Å². The van der Waals surface area contributed by atoms with Crippen LogP contribution in [0, 0.1) is 5.41 Å². The van der Waals surface area contributed by atoms with Gasteiger partial charge in [-0.1, -0.05) is 6.42 Å². The molecule has 1 rings (SSSR count). The molecule has 0 atom stereocenters. The summed E-state index contributed by atoms with van der Waals surface area (Å²) in [7, 11) is 0. The minimum atomic E-state index is 0.231. The molecule has 2 nitrogen and oxygen atoms in total. The van der Waals surface area contributed by atoms with E-state index in [9.17, 15) is 0 Å². The van der Waals surface area contributed by atoms with Crippen LogP contribution in [0.15, 0.2) is 0 Å². The molecule has 1 aliphatic rings. The Kier molecular flexibility index (Phi) is 3.96. The lowest BCUT2D eigenvalue weighted by atomic mass is 9.69. The molecule has 84 valence electrons. The Morgan fingerprint density at radius 1 is 1.29 bits per heavy atom. The summed E-state index contributed by atoms with van der Waals surface area (Å²) in [6.07, 6.45) is 4.03. The number of hydrogen-bond donors (Lipinski definition) is 1. The fraction of sp³-hybridized carbons (Fsp3) is 1.00. The van der Waals surface area contributed by atoms with E-state index >= 15 is 0 Å². The van der Waals surface area contributed by atoms with Crippen molar-refractivity contribution < 1.29 is 4.74 Å². The van der Waals surface area contributed by atoms with Crippen molar-refractivity contribution in [2.45, 2.75) is 52.5 Å². The second-order valence-electron chi connectivity index (χ2n) is 5.59. The smallest absolute Gasteiger partial charge is 0.0534 e. The van der Waals surface area contributed by atoms with E-state index in [-0.39, 0.29) is 5.54 Å². The van der Waals surface area contributed by atoms with E-state index in [1.807, 2.05) is 0 Å². The summed E-state index contributed by atoms with van der Waals surface area (Å²) < 4.78 is 5.57. The van der Waals surface area contributed by atoms with Gasteiger partial charge in [0.05, 0.1) is 6.61 Å². The van der Waals surface area contributed by atoms with Crippen LogP contribution in [0.3, 0.4) is 0 Å². The number of nitrogens with one attached hydrogen (secondary N) is 1. The van der Waals surface area contributed by atoms with Gasteiger partial charge >= 0.3 is 0 Å². The van der Waals surface area contributed by atoms with Crippen LogP contribution >= 0.6 is 0 Å². The van der Waals surface area contributed by atoms with Crippen LogP contribution in [-0.2, 0) is 4.74 Å². The van der Waals surface area contributed by atoms with E-state index in [1.165, 1.54) is 19.3 Å². The lowest BCUT2D eigenvalue weighted by Gasteiger charge is -2.43. The highest BCUT2D eigenvalue weighted by Gasteiger charge is 2.37. The van der Waals surface area contributed by atoms with Gasteiger partial charge in [-0.25, -0.2) is 0 Å². The summed E-state index contributed by atoms with van der Waals surface area (Å²) in [6, 6.07) is 0. The molecule has 1 fully saturated rings. The monoisotopic (exact) mass is 199 g/mol. The van der Waals surface area contributed by atoms with E-state index in [0.717, 1.165) is 19.8 Å². The molecule has 1 aliphatic carbocycles. The standard InChI is InChI=1S/C12H25NO/c1-5-14-10-12(7-6-8-12)9-13-11(2,3)4/h13H,5-10H2,1-4H3. The molecule has 0 aromatic heterocycles. The van der Waals surface area contributed by atoms with Gasteiger partial charge in [0.2, 0.25) is 0 Å². The van der Waals surface area contributed by atoms with Crippen molar-refractivity contribution in [1.29, 1.82) is 0 Å². The molecule has 2 heteroatoms. The van der Waals surface area contributed by atoms with Crippen LogP contribution < -0.4 is 5.32 Å². The molecular weight excluding hydrogens is 174 g/mol. The zero-order valence-corrected chi connectivity index (χ0v) is 10.2. The van der Waals surface area contributed by atoms with Crippen molar-refractivity contribution in [3.05, 3.63) is 0 Å². The van der Waals surface area contributed by atoms with Gasteiger partial charge in [0.15, 0.2) is 0 Å². The largest absolute Gasteiger partial charge is 0.381 e. The number of hydrogen-bond acceptors (Lipinski definition) is 2. The van der Waals surface area contributed by atoms with Gasteiger partial charge in [-0.2, -0.15) is 0 Å². The zero-order valence-electron chi connectivity index (χ0n) is 10.2. The van der Waals surface area contributed by atoms with Gasteiger partial charge < -0.3 is 10.1 Å². The van der Waals surface area contributed by atoms with Crippen LogP contribution in [0.4, 0.5) is 0 Å². The Bertz CT molecular complexity index is 168. The summed E-state index contributed by atoms with van der Waals surface area (Å²) in [4.78, 5) is 0. The van der Waals surface area contributed by atoms with Crippen LogP contribution in [0.5, 0.6) is 0 Å². The minimum Gasteiger partial charge on any atom is -0.381 e. The first-order valence-electron chi connectivity index (χ1n) is 5.80. The molecule has 1 N–H and O–H groups in total. The van der Waals surface area contributed by atoms with Gasteiger partial charge in [-0.05, 0) is 40.5 Å². The summed E-state index contributed by atoms with van der Waals surface area (Å²) in [5, 5.41) is 3.59. The summed E-state index contributed by atoms with van der Waals surface area (Å²) in [5.41, 5.74) is 0.679. The van der Waals surface area contributed by atoms with Crippen molar-refractivity contribution in [2.24, 2.45) is 5.41 Å². The maximum absolute atomic E-state index is 5.57. The first-order valence-corrected chi connectivity index (χ1v) is 5.80. The summed E-state index contributed by atoms with van der Waals surface area (Å²) in [6.45, 7) is 11.6. The van der Waals surface area contributed by atoms with E-state index in [0.29, 0.717) is 5.41 Å². The van der Waals surface area contributed by atoms with Gasteiger partial charge in [-0.15, -0.1) is 0 Å². The van der Waals surface area contributed by atoms with Crippen molar-refractivity contribution in [3.63, 3.8) is 0 Å². The lowest BCUT2D eigenvalue weighted by Crippen LogP contribution is -2.49. The first kappa shape index (κ1) is 12.0. The maximum Gasteiger partial charge on any atom is 0.0534 e. The molecular formula is C12H25NO. The molecule has 1 saturated carbocycles. The second-order valence-corrected chi connectivity index (χ2v) is 5.59. The van der Waals surface area contributed by atoms with Gasteiger partial charge in [0.1, 0.15) is 0 Å². The molecule has 0 spiro atoms. The van der Waals surface area contributed by atoms with Crippen molar-refractivity contribution in [1.82, 2.24) is 5.32 Å². The third kappa shape index (κ3) is 3.58. The SMILES string of the molecule is CCOCC1(CNC(C)(C)C)CCC1. The van der Waals surface area contributed by atoms with E-state index in [1.54, 1.807) is 0 Å². The minimum absolute atomic E-state index is 0.231. The predicted octanol–water partition coefficient (Wildman–Crippen LogP) is 2.58. The highest BCUT2D eigenvalue weighted by molar-refractivity contribution is 4.91. The third-order valence-corrected chi connectivity index (χ3v) is 3.02. The molecule has 0 saturated heterocycles. The number of rotatable bonds is 5. The first-order chi connectivity index (χ1) is 6.47. The molecule has 0 unspecified atom stereocenters. The lowest BCUT2D eigenvalue weighted by molar-refractivity contribution is -0.00435. The quantitative estimate of drug-likeness (QED) is 0.735. The third-order valence-electron chi connectivity index (χ3n) is 3.02. The Hall–Kier alpha value is -0.0800. The molecule has 0 amide bonds. The molecule has 0 aliphatic heterocycles. The highest BCUT2D eigenvalue weighted by Crippen LogP contribution is 2.40. The molecule has 0 aromatic carbocycles. The van der Waals surface area contributed by atoms with E-state index in [4.69, 9.17) is 4.74 Å².